The van der Waals surface area contributed by atoms with Crippen LogP contribution in [0.15, 0.2) is 53.2 Å². The second kappa shape index (κ2) is 7.72. The van der Waals surface area contributed by atoms with E-state index in [4.69, 9.17) is 11.6 Å². The van der Waals surface area contributed by atoms with E-state index in [1.165, 1.54) is 7.11 Å². The normalized spacial score (nSPS) is 15.4. The Labute approximate surface area is 167 Å². The van der Waals surface area contributed by atoms with Crippen LogP contribution in [0.1, 0.15) is 21.5 Å². The Hall–Kier alpha value is -1.64. The average Bonchev–Trinajstić information content (AvgIpc) is 2.97. The van der Waals surface area contributed by atoms with Crippen molar-refractivity contribution >= 4 is 68.2 Å². The van der Waals surface area contributed by atoms with E-state index in [2.05, 4.69) is 32.3 Å². The Morgan fingerprint density at radius 3 is 2.64 bits per heavy atom. The van der Waals surface area contributed by atoms with E-state index in [9.17, 15) is 9.59 Å². The van der Waals surface area contributed by atoms with E-state index in [1.54, 1.807) is 36.4 Å². The van der Waals surface area contributed by atoms with Gasteiger partial charge in [0.1, 0.15) is 10.7 Å². The first kappa shape index (κ1) is 18.2. The molecular formula is C18H11ClINO3S. The molecule has 0 saturated carbocycles. The fourth-order valence-corrected chi connectivity index (χ4v) is 3.74. The van der Waals surface area contributed by atoms with Crippen LogP contribution in [-0.4, -0.2) is 23.2 Å². The van der Waals surface area contributed by atoms with Crippen LogP contribution in [0.5, 0.6) is 0 Å². The van der Waals surface area contributed by atoms with Gasteiger partial charge in [-0.2, -0.15) is 0 Å². The van der Waals surface area contributed by atoms with Crippen molar-refractivity contribution in [1.82, 2.24) is 0 Å². The van der Waals surface area contributed by atoms with Crippen LogP contribution in [0.3, 0.4) is 0 Å². The molecule has 3 rings (SSSR count). The Kier molecular flexibility index (Phi) is 5.61. The first-order valence-corrected chi connectivity index (χ1v) is 9.41. The molecule has 0 N–H and O–H groups in total. The minimum Gasteiger partial charge on any atom is -0.465 e. The fourth-order valence-electron chi connectivity index (χ4n) is 2.18. The number of esters is 1. The summed E-state index contributed by atoms with van der Waals surface area (Å²) in [6.07, 6.45) is 1.69. The minimum atomic E-state index is -0.402. The predicted octanol–water partition coefficient (Wildman–Crippen LogP) is 4.79. The van der Waals surface area contributed by atoms with Crippen LogP contribution >= 0.6 is 46.0 Å². The van der Waals surface area contributed by atoms with E-state index >= 15 is 0 Å². The molecule has 0 amide bonds. The number of nitrogens with zero attached hydrogens (tertiary/aromatic N) is 1. The van der Waals surface area contributed by atoms with Crippen LogP contribution in [0.4, 0.5) is 0 Å². The lowest BCUT2D eigenvalue weighted by atomic mass is 10.1. The standard InChI is InChI=1S/C18H11ClINO3S/c1-24-17(22)11-4-2-10(3-5-11)8-15-18(23)25-16(21-15)13-9-12(20)6-7-14(13)19/h2-9H,1H3/b15-8+. The van der Waals surface area contributed by atoms with Crippen LogP contribution in [-0.2, 0) is 9.53 Å². The lowest BCUT2D eigenvalue weighted by Gasteiger charge is -2.02. The lowest BCUT2D eigenvalue weighted by molar-refractivity contribution is -0.107. The molecule has 0 aliphatic carbocycles. The molecule has 0 radical (unpaired) electrons. The van der Waals surface area contributed by atoms with Crippen LogP contribution in [0.25, 0.3) is 6.08 Å². The van der Waals surface area contributed by atoms with E-state index in [0.717, 1.165) is 26.5 Å². The summed E-state index contributed by atoms with van der Waals surface area (Å²) >= 11 is 9.47. The van der Waals surface area contributed by atoms with Crippen LogP contribution < -0.4 is 0 Å². The SMILES string of the molecule is COC(=O)c1ccc(/C=C2/N=C(c3cc(I)ccc3Cl)SC2=O)cc1. The summed E-state index contributed by atoms with van der Waals surface area (Å²) in [4.78, 5) is 28.1. The Bertz CT molecular complexity index is 922. The molecule has 0 bridgehead atoms. The predicted molar refractivity (Wildman–Crippen MR) is 109 cm³/mol. The molecule has 0 saturated heterocycles. The summed E-state index contributed by atoms with van der Waals surface area (Å²) < 4.78 is 5.68. The van der Waals surface area contributed by atoms with Gasteiger partial charge < -0.3 is 4.74 Å². The summed E-state index contributed by atoms with van der Waals surface area (Å²) in [5, 5.41) is 1.01. The van der Waals surface area contributed by atoms with Gasteiger partial charge in [-0.1, -0.05) is 23.7 Å². The van der Waals surface area contributed by atoms with Gasteiger partial charge in [0.05, 0.1) is 17.7 Å². The number of carbonyl (C=O) groups excluding carboxylic acids is 2. The molecule has 2 aromatic carbocycles. The molecule has 7 heteroatoms. The zero-order valence-corrected chi connectivity index (χ0v) is 16.7. The molecule has 0 atom stereocenters. The Balaban J connectivity index is 1.90. The zero-order chi connectivity index (χ0) is 18.0. The maximum absolute atomic E-state index is 12.2. The fraction of sp³-hybridized carbons (Fsp3) is 0.0556. The number of methoxy groups -OCH3 is 1. The number of rotatable bonds is 3. The van der Waals surface area contributed by atoms with Crippen molar-refractivity contribution in [3.63, 3.8) is 0 Å². The van der Waals surface area contributed by atoms with Crippen molar-refractivity contribution in [2.75, 3.05) is 7.11 Å². The third-order valence-electron chi connectivity index (χ3n) is 3.41. The van der Waals surface area contributed by atoms with Crippen molar-refractivity contribution < 1.29 is 14.3 Å². The van der Waals surface area contributed by atoms with Gasteiger partial charge in [0.25, 0.3) is 0 Å². The molecule has 0 aromatic heterocycles. The van der Waals surface area contributed by atoms with E-state index in [0.29, 0.717) is 21.3 Å². The van der Waals surface area contributed by atoms with Crippen LogP contribution in [0.2, 0.25) is 5.02 Å². The highest BCUT2D eigenvalue weighted by molar-refractivity contribution is 14.1. The number of aliphatic imine (C=N–C) groups is 1. The minimum absolute atomic E-state index is 0.137. The highest BCUT2D eigenvalue weighted by Gasteiger charge is 2.24. The maximum atomic E-state index is 12.2. The summed E-state index contributed by atoms with van der Waals surface area (Å²) in [5.41, 5.74) is 2.32. The van der Waals surface area contributed by atoms with Crippen LogP contribution in [0, 0.1) is 3.57 Å². The number of hydrogen-bond acceptors (Lipinski definition) is 5. The van der Waals surface area contributed by atoms with E-state index in [-0.39, 0.29) is 5.12 Å². The summed E-state index contributed by atoms with van der Waals surface area (Å²) in [6, 6.07) is 12.4. The van der Waals surface area contributed by atoms with Crippen molar-refractivity contribution in [2.45, 2.75) is 0 Å². The monoisotopic (exact) mass is 483 g/mol. The molecule has 126 valence electrons. The molecule has 0 spiro atoms. The maximum Gasteiger partial charge on any atom is 0.337 e. The third-order valence-corrected chi connectivity index (χ3v) is 5.31. The molecule has 0 unspecified atom stereocenters. The zero-order valence-electron chi connectivity index (χ0n) is 13.0. The highest BCUT2D eigenvalue weighted by Crippen LogP contribution is 2.32. The lowest BCUT2D eigenvalue weighted by Crippen LogP contribution is -2.00. The van der Waals surface area contributed by atoms with Crippen molar-refractivity contribution in [2.24, 2.45) is 4.99 Å². The number of carbonyl (C=O) groups is 2. The molecule has 1 heterocycles. The topological polar surface area (TPSA) is 55.7 Å². The van der Waals surface area contributed by atoms with Gasteiger partial charge >= 0.3 is 5.97 Å². The molecule has 2 aromatic rings. The third kappa shape index (κ3) is 4.13. The van der Waals surface area contributed by atoms with E-state index in [1.807, 2.05) is 12.1 Å². The number of halogens is 2. The Morgan fingerprint density at radius 1 is 1.24 bits per heavy atom. The smallest absolute Gasteiger partial charge is 0.337 e. The molecule has 0 fully saturated rings. The van der Waals surface area contributed by atoms with Gasteiger partial charge in [-0.15, -0.1) is 0 Å². The molecule has 1 aliphatic heterocycles. The second-order valence-electron chi connectivity index (χ2n) is 5.07. The van der Waals surface area contributed by atoms with Gasteiger partial charge in [-0.25, -0.2) is 9.79 Å². The first-order chi connectivity index (χ1) is 12.0. The first-order valence-electron chi connectivity index (χ1n) is 7.14. The number of ether oxygens (including phenoxy) is 1. The van der Waals surface area contributed by atoms with Gasteiger partial charge in [0.15, 0.2) is 0 Å². The molecular weight excluding hydrogens is 473 g/mol. The quantitative estimate of drug-likeness (QED) is 0.358. The number of benzene rings is 2. The largest absolute Gasteiger partial charge is 0.465 e. The number of thioether (sulfide) groups is 1. The van der Waals surface area contributed by atoms with Gasteiger partial charge in [-0.05, 0) is 76.3 Å². The summed E-state index contributed by atoms with van der Waals surface area (Å²) in [7, 11) is 1.33. The number of hydrogen-bond donors (Lipinski definition) is 0. The van der Waals surface area contributed by atoms with Crippen molar-refractivity contribution in [1.29, 1.82) is 0 Å². The average molecular weight is 484 g/mol. The molecule has 25 heavy (non-hydrogen) atoms. The van der Waals surface area contributed by atoms with Crippen molar-refractivity contribution in [3.05, 3.63) is 73.4 Å². The highest BCUT2D eigenvalue weighted by atomic mass is 127. The Morgan fingerprint density at radius 2 is 1.96 bits per heavy atom. The van der Waals surface area contributed by atoms with Crippen molar-refractivity contribution in [3.8, 4) is 0 Å². The van der Waals surface area contributed by atoms with Gasteiger partial charge in [0.2, 0.25) is 5.12 Å². The molecule has 1 aliphatic rings. The summed E-state index contributed by atoms with van der Waals surface area (Å²) in [5.74, 6) is -0.402. The molecule has 4 nitrogen and oxygen atoms in total. The van der Waals surface area contributed by atoms with Gasteiger partial charge in [-0.3, -0.25) is 4.79 Å². The van der Waals surface area contributed by atoms with E-state index < -0.39 is 5.97 Å². The van der Waals surface area contributed by atoms with Gasteiger partial charge in [0, 0.05) is 9.13 Å². The summed E-state index contributed by atoms with van der Waals surface area (Å²) in [6.45, 7) is 0. The second-order valence-corrected chi connectivity index (χ2v) is 7.69.